The smallest absolute Gasteiger partial charge is 0.241 e. The molecule has 0 unspecified atom stereocenters. The van der Waals surface area contributed by atoms with Gasteiger partial charge in [0.2, 0.25) is 11.8 Å². The van der Waals surface area contributed by atoms with Crippen molar-refractivity contribution in [2.45, 2.75) is 24.4 Å². The van der Waals surface area contributed by atoms with Crippen LogP contribution in [0.1, 0.15) is 12.5 Å². The van der Waals surface area contributed by atoms with E-state index in [0.717, 1.165) is 43.3 Å². The van der Waals surface area contributed by atoms with Crippen molar-refractivity contribution in [1.29, 1.82) is 0 Å². The average molecular weight is 441 g/mol. The van der Waals surface area contributed by atoms with Gasteiger partial charge < -0.3 is 10.2 Å². The zero-order valence-corrected chi connectivity index (χ0v) is 19.4. The highest BCUT2D eigenvalue weighted by Crippen LogP contribution is 2.24. The number of rotatable bonds is 8. The van der Waals surface area contributed by atoms with Gasteiger partial charge in [0, 0.05) is 37.6 Å². The number of para-hydroxylation sites is 1. The van der Waals surface area contributed by atoms with Gasteiger partial charge in [-0.15, -0.1) is 11.8 Å². The van der Waals surface area contributed by atoms with Crippen LogP contribution in [0, 0.1) is 0 Å². The third-order valence-electron chi connectivity index (χ3n) is 5.76. The van der Waals surface area contributed by atoms with Gasteiger partial charge >= 0.3 is 0 Å². The van der Waals surface area contributed by atoms with Gasteiger partial charge in [-0.2, -0.15) is 0 Å². The van der Waals surface area contributed by atoms with Gasteiger partial charge in [-0.25, -0.2) is 0 Å². The highest BCUT2D eigenvalue weighted by atomic mass is 32.2. The Morgan fingerprint density at radius 3 is 2.35 bits per heavy atom. The molecule has 1 fully saturated rings. The molecule has 0 aliphatic carbocycles. The van der Waals surface area contributed by atoms with Crippen molar-refractivity contribution in [3.05, 3.63) is 60.2 Å². The van der Waals surface area contributed by atoms with Crippen molar-refractivity contribution in [2.24, 2.45) is 0 Å². The van der Waals surface area contributed by atoms with Crippen LogP contribution in [0.4, 0.5) is 5.69 Å². The van der Waals surface area contributed by atoms with E-state index in [2.05, 4.69) is 34.5 Å². The Labute approximate surface area is 189 Å². The average Bonchev–Trinajstić information content (AvgIpc) is 2.80. The van der Waals surface area contributed by atoms with Gasteiger partial charge in [0.25, 0.3) is 0 Å². The van der Waals surface area contributed by atoms with Crippen molar-refractivity contribution in [3.8, 4) is 0 Å². The van der Waals surface area contributed by atoms with Crippen LogP contribution in [0.15, 0.2) is 59.5 Å². The molecular weight excluding hydrogens is 408 g/mol. The number of likely N-dealkylation sites (N-methyl/N-ethyl adjacent to an activating group) is 1. The van der Waals surface area contributed by atoms with E-state index in [-0.39, 0.29) is 18.4 Å². The SMILES string of the molecule is CSc1ccccc1NC(=O)[C@@H](C)N(C)CC(=O)N1CCN(Cc2ccccc2)CC1. The number of carbonyl (C=O) groups excluding carboxylic acids is 2. The fourth-order valence-electron chi connectivity index (χ4n) is 3.63. The largest absolute Gasteiger partial charge is 0.339 e. The Balaban J connectivity index is 1.46. The molecule has 0 bridgehead atoms. The van der Waals surface area contributed by atoms with Crippen molar-refractivity contribution in [3.63, 3.8) is 0 Å². The van der Waals surface area contributed by atoms with Crippen molar-refractivity contribution in [2.75, 3.05) is 51.3 Å². The first-order valence-corrected chi connectivity index (χ1v) is 11.9. The molecule has 0 saturated carbocycles. The molecule has 2 aromatic carbocycles. The van der Waals surface area contributed by atoms with Gasteiger partial charge in [0.05, 0.1) is 18.3 Å². The van der Waals surface area contributed by atoms with E-state index in [1.807, 2.05) is 60.4 Å². The van der Waals surface area contributed by atoms with Crippen molar-refractivity contribution >= 4 is 29.3 Å². The topological polar surface area (TPSA) is 55.9 Å². The van der Waals surface area contributed by atoms with Gasteiger partial charge in [0.1, 0.15) is 0 Å². The highest BCUT2D eigenvalue weighted by molar-refractivity contribution is 7.98. The summed E-state index contributed by atoms with van der Waals surface area (Å²) in [6, 6.07) is 17.8. The molecule has 1 atom stereocenters. The fraction of sp³-hybridized carbons (Fsp3) is 0.417. The maximum absolute atomic E-state index is 12.8. The Kier molecular flexibility index (Phi) is 8.51. The Morgan fingerprint density at radius 2 is 1.68 bits per heavy atom. The first kappa shape index (κ1) is 23.3. The molecule has 1 heterocycles. The molecule has 0 radical (unpaired) electrons. The Morgan fingerprint density at radius 1 is 1.03 bits per heavy atom. The molecule has 1 saturated heterocycles. The second kappa shape index (κ2) is 11.3. The number of nitrogens with one attached hydrogen (secondary N) is 1. The third-order valence-corrected chi connectivity index (χ3v) is 6.56. The van der Waals surface area contributed by atoms with Crippen LogP contribution in [-0.4, -0.2) is 78.6 Å². The minimum atomic E-state index is -0.404. The second-order valence-corrected chi connectivity index (χ2v) is 8.77. The first-order valence-electron chi connectivity index (χ1n) is 10.7. The zero-order chi connectivity index (χ0) is 22.2. The summed E-state index contributed by atoms with van der Waals surface area (Å²) in [5.41, 5.74) is 2.10. The number of hydrogen-bond acceptors (Lipinski definition) is 5. The molecule has 31 heavy (non-hydrogen) atoms. The minimum Gasteiger partial charge on any atom is -0.339 e. The van der Waals surface area contributed by atoms with Gasteiger partial charge in [-0.3, -0.25) is 19.4 Å². The highest BCUT2D eigenvalue weighted by Gasteiger charge is 2.25. The molecule has 6 nitrogen and oxygen atoms in total. The van der Waals surface area contributed by atoms with Gasteiger partial charge in [-0.05, 0) is 37.9 Å². The number of thioether (sulfide) groups is 1. The molecule has 1 aliphatic rings. The number of hydrogen-bond donors (Lipinski definition) is 1. The molecule has 2 aromatic rings. The van der Waals surface area contributed by atoms with Gasteiger partial charge in [0.15, 0.2) is 0 Å². The Bertz CT molecular complexity index is 869. The lowest BCUT2D eigenvalue weighted by atomic mass is 10.2. The summed E-state index contributed by atoms with van der Waals surface area (Å²) in [6.45, 7) is 6.16. The number of amides is 2. The standard InChI is InChI=1S/C24H32N4O2S/c1-19(24(30)25-21-11-7-8-12-22(21)31-3)26(2)18-23(29)28-15-13-27(14-16-28)17-20-9-5-4-6-10-20/h4-12,19H,13-18H2,1-3H3,(H,25,30)/t19-/m1/s1. The minimum absolute atomic E-state index is 0.0750. The van der Waals surface area contributed by atoms with Crippen molar-refractivity contribution < 1.29 is 9.59 Å². The van der Waals surface area contributed by atoms with Crippen LogP contribution in [0.2, 0.25) is 0 Å². The molecule has 0 spiro atoms. The number of carbonyl (C=O) groups is 2. The van der Waals surface area contributed by atoms with Crippen molar-refractivity contribution in [1.82, 2.24) is 14.7 Å². The van der Waals surface area contributed by atoms with E-state index in [9.17, 15) is 9.59 Å². The lowest BCUT2D eigenvalue weighted by molar-refractivity contribution is -0.135. The molecule has 166 valence electrons. The molecule has 1 N–H and O–H groups in total. The normalized spacial score (nSPS) is 15.7. The van der Waals surface area contributed by atoms with E-state index in [4.69, 9.17) is 0 Å². The van der Waals surface area contributed by atoms with Crippen LogP contribution >= 0.6 is 11.8 Å². The number of piperazine rings is 1. The summed E-state index contributed by atoms with van der Waals surface area (Å²) in [5, 5.41) is 2.99. The lowest BCUT2D eigenvalue weighted by Crippen LogP contribution is -2.52. The predicted octanol–water partition coefficient (Wildman–Crippen LogP) is 3.01. The van der Waals surface area contributed by atoms with Crippen LogP contribution in [0.5, 0.6) is 0 Å². The maximum Gasteiger partial charge on any atom is 0.241 e. The predicted molar refractivity (Wildman–Crippen MR) is 127 cm³/mol. The number of benzene rings is 2. The molecule has 7 heteroatoms. The summed E-state index contributed by atoms with van der Waals surface area (Å²) in [5.74, 6) is -0.0319. The zero-order valence-electron chi connectivity index (χ0n) is 18.6. The van der Waals surface area contributed by atoms with Crippen LogP contribution in [0.25, 0.3) is 0 Å². The summed E-state index contributed by atoms with van der Waals surface area (Å²) in [7, 11) is 1.83. The van der Waals surface area contributed by atoms with E-state index >= 15 is 0 Å². The Hall–Kier alpha value is -2.35. The maximum atomic E-state index is 12.8. The van der Waals surface area contributed by atoms with E-state index in [0.29, 0.717) is 0 Å². The molecular formula is C24H32N4O2S. The summed E-state index contributed by atoms with van der Waals surface area (Å²) >= 11 is 1.59. The number of anilines is 1. The number of nitrogens with zero attached hydrogens (tertiary/aromatic N) is 3. The second-order valence-electron chi connectivity index (χ2n) is 7.92. The van der Waals surface area contributed by atoms with Crippen LogP contribution in [0.3, 0.4) is 0 Å². The fourth-order valence-corrected chi connectivity index (χ4v) is 4.19. The van der Waals surface area contributed by atoms with E-state index in [1.54, 1.807) is 11.8 Å². The van der Waals surface area contributed by atoms with E-state index < -0.39 is 6.04 Å². The lowest BCUT2D eigenvalue weighted by Gasteiger charge is -2.36. The molecule has 2 amide bonds. The van der Waals surface area contributed by atoms with Gasteiger partial charge in [-0.1, -0.05) is 42.5 Å². The summed E-state index contributed by atoms with van der Waals surface area (Å²) in [6.07, 6.45) is 1.98. The van der Waals surface area contributed by atoms with Crippen LogP contribution in [-0.2, 0) is 16.1 Å². The molecule has 3 rings (SSSR count). The van der Waals surface area contributed by atoms with E-state index in [1.165, 1.54) is 5.56 Å². The quantitative estimate of drug-likeness (QED) is 0.640. The van der Waals surface area contributed by atoms with Crippen LogP contribution < -0.4 is 5.32 Å². The summed E-state index contributed by atoms with van der Waals surface area (Å²) in [4.78, 5) is 32.6. The first-order chi connectivity index (χ1) is 15.0. The third kappa shape index (κ3) is 6.56. The molecule has 1 aliphatic heterocycles. The summed E-state index contributed by atoms with van der Waals surface area (Å²) < 4.78 is 0. The molecule has 0 aromatic heterocycles. The monoisotopic (exact) mass is 440 g/mol.